The summed E-state index contributed by atoms with van der Waals surface area (Å²) in [7, 11) is -1.20. The average molecular weight is 330 g/mol. The Kier molecular flexibility index (Phi) is 5.71. The number of nitrogens with zero attached hydrogens (tertiary/aromatic N) is 3. The Labute approximate surface area is 135 Å². The van der Waals surface area contributed by atoms with Crippen LogP contribution in [0.15, 0.2) is 4.99 Å². The molecule has 1 N–H and O–H groups in total. The summed E-state index contributed by atoms with van der Waals surface area (Å²) in [6.45, 7) is 8.41. The first-order chi connectivity index (χ1) is 10.5. The average Bonchev–Trinajstić information content (AvgIpc) is 3.08. The lowest BCUT2D eigenvalue weighted by molar-refractivity contribution is 0.276. The Balaban J connectivity index is 1.84. The van der Waals surface area contributed by atoms with Crippen molar-refractivity contribution in [3.05, 3.63) is 0 Å². The van der Waals surface area contributed by atoms with Gasteiger partial charge in [0.1, 0.15) is 0 Å². The summed E-state index contributed by atoms with van der Waals surface area (Å²) >= 11 is 0. The molecule has 128 valence electrons. The molecule has 22 heavy (non-hydrogen) atoms. The highest BCUT2D eigenvalue weighted by molar-refractivity contribution is 7.89. The fourth-order valence-electron chi connectivity index (χ4n) is 3.51. The zero-order valence-corrected chi connectivity index (χ0v) is 15.0. The Bertz CT molecular complexity index is 500. The maximum Gasteiger partial charge on any atom is 0.214 e. The highest BCUT2D eigenvalue weighted by Crippen LogP contribution is 2.36. The van der Waals surface area contributed by atoms with Crippen molar-refractivity contribution in [3.8, 4) is 0 Å². The van der Waals surface area contributed by atoms with Gasteiger partial charge in [0, 0.05) is 39.8 Å². The van der Waals surface area contributed by atoms with E-state index in [0.29, 0.717) is 30.8 Å². The molecular weight excluding hydrogens is 300 g/mol. The third-order valence-electron chi connectivity index (χ3n) is 5.30. The number of rotatable bonds is 5. The van der Waals surface area contributed by atoms with E-state index in [1.165, 1.54) is 19.3 Å². The normalized spacial score (nSPS) is 24.9. The smallest absolute Gasteiger partial charge is 0.214 e. The second-order valence-electron chi connectivity index (χ2n) is 6.42. The van der Waals surface area contributed by atoms with E-state index >= 15 is 0 Å². The molecule has 2 heterocycles. The van der Waals surface area contributed by atoms with Crippen LogP contribution in [0, 0.1) is 5.41 Å². The van der Waals surface area contributed by atoms with Crippen LogP contribution in [0.4, 0.5) is 0 Å². The lowest BCUT2D eigenvalue weighted by Crippen LogP contribution is -2.44. The van der Waals surface area contributed by atoms with E-state index in [1.54, 1.807) is 11.4 Å². The van der Waals surface area contributed by atoms with Gasteiger partial charge < -0.3 is 10.2 Å². The first-order valence-electron chi connectivity index (χ1n) is 8.40. The molecule has 0 aromatic carbocycles. The van der Waals surface area contributed by atoms with Crippen molar-refractivity contribution in [2.75, 3.05) is 45.5 Å². The standard InChI is InChI=1S/C15H30N4O2S/c1-4-15(5-2)7-10-18(13-15)14(16-3)17-8-11-19-9-6-12-22(19,20)21/h4-13H2,1-3H3,(H,16,17). The third-order valence-corrected chi connectivity index (χ3v) is 7.25. The maximum atomic E-state index is 11.8. The zero-order valence-electron chi connectivity index (χ0n) is 14.1. The van der Waals surface area contributed by atoms with Crippen LogP contribution in [-0.4, -0.2) is 69.1 Å². The first kappa shape index (κ1) is 17.5. The fourth-order valence-corrected chi connectivity index (χ4v) is 5.04. The summed E-state index contributed by atoms with van der Waals surface area (Å²) in [5.41, 5.74) is 0.413. The van der Waals surface area contributed by atoms with Crippen LogP contribution in [0.2, 0.25) is 0 Å². The van der Waals surface area contributed by atoms with E-state index in [1.807, 2.05) is 0 Å². The van der Waals surface area contributed by atoms with E-state index < -0.39 is 10.0 Å². The van der Waals surface area contributed by atoms with E-state index in [-0.39, 0.29) is 0 Å². The number of hydrogen-bond donors (Lipinski definition) is 1. The highest BCUT2D eigenvalue weighted by Gasteiger charge is 2.36. The highest BCUT2D eigenvalue weighted by atomic mass is 32.2. The lowest BCUT2D eigenvalue weighted by atomic mass is 9.82. The Morgan fingerprint density at radius 2 is 2.00 bits per heavy atom. The van der Waals surface area contributed by atoms with Gasteiger partial charge in [-0.25, -0.2) is 12.7 Å². The van der Waals surface area contributed by atoms with Crippen LogP contribution in [0.25, 0.3) is 0 Å². The number of nitrogens with one attached hydrogen (secondary N) is 1. The summed E-state index contributed by atoms with van der Waals surface area (Å²) in [6, 6.07) is 0. The lowest BCUT2D eigenvalue weighted by Gasteiger charge is -2.28. The number of likely N-dealkylation sites (tertiary alicyclic amines) is 1. The van der Waals surface area contributed by atoms with Crippen molar-refractivity contribution in [3.63, 3.8) is 0 Å². The Morgan fingerprint density at radius 3 is 2.50 bits per heavy atom. The second kappa shape index (κ2) is 7.17. The van der Waals surface area contributed by atoms with Crippen molar-refractivity contribution < 1.29 is 8.42 Å². The van der Waals surface area contributed by atoms with Crippen LogP contribution < -0.4 is 5.32 Å². The Morgan fingerprint density at radius 1 is 1.27 bits per heavy atom. The molecule has 0 amide bonds. The van der Waals surface area contributed by atoms with Crippen molar-refractivity contribution in [1.82, 2.24) is 14.5 Å². The summed E-state index contributed by atoms with van der Waals surface area (Å²) in [4.78, 5) is 6.68. The van der Waals surface area contributed by atoms with Gasteiger partial charge in [0.25, 0.3) is 0 Å². The molecule has 0 bridgehead atoms. The predicted molar refractivity (Wildman–Crippen MR) is 90.5 cm³/mol. The largest absolute Gasteiger partial charge is 0.355 e. The van der Waals surface area contributed by atoms with Crippen LogP contribution in [0.5, 0.6) is 0 Å². The molecule has 0 atom stereocenters. The van der Waals surface area contributed by atoms with Crippen LogP contribution >= 0.6 is 0 Å². The molecule has 2 rings (SSSR count). The molecule has 7 heteroatoms. The summed E-state index contributed by atoms with van der Waals surface area (Å²) < 4.78 is 25.2. The van der Waals surface area contributed by atoms with Gasteiger partial charge >= 0.3 is 0 Å². The molecule has 0 aromatic rings. The van der Waals surface area contributed by atoms with Crippen molar-refractivity contribution in [1.29, 1.82) is 0 Å². The second-order valence-corrected chi connectivity index (χ2v) is 8.51. The Hall–Kier alpha value is -0.820. The van der Waals surface area contributed by atoms with Gasteiger partial charge in [-0.15, -0.1) is 0 Å². The fraction of sp³-hybridized carbons (Fsp3) is 0.933. The minimum absolute atomic E-state index is 0.295. The molecule has 0 spiro atoms. The summed E-state index contributed by atoms with van der Waals surface area (Å²) in [5, 5.41) is 3.33. The topological polar surface area (TPSA) is 65.0 Å². The van der Waals surface area contributed by atoms with Gasteiger partial charge in [0.2, 0.25) is 10.0 Å². The van der Waals surface area contributed by atoms with Crippen LogP contribution in [-0.2, 0) is 10.0 Å². The van der Waals surface area contributed by atoms with Gasteiger partial charge in [0.15, 0.2) is 5.96 Å². The molecule has 0 radical (unpaired) electrons. The van der Waals surface area contributed by atoms with Gasteiger partial charge in [-0.05, 0) is 31.1 Å². The molecule has 2 aliphatic heterocycles. The van der Waals surface area contributed by atoms with Gasteiger partial charge in [-0.2, -0.15) is 0 Å². The van der Waals surface area contributed by atoms with E-state index in [4.69, 9.17) is 0 Å². The molecule has 0 saturated carbocycles. The number of hydrogen-bond acceptors (Lipinski definition) is 3. The molecule has 2 aliphatic rings. The minimum Gasteiger partial charge on any atom is -0.355 e. The monoisotopic (exact) mass is 330 g/mol. The minimum atomic E-state index is -3.00. The van der Waals surface area contributed by atoms with Gasteiger partial charge in [0.05, 0.1) is 5.75 Å². The van der Waals surface area contributed by atoms with Crippen molar-refractivity contribution in [2.45, 2.75) is 39.5 Å². The number of sulfonamides is 1. The third kappa shape index (κ3) is 3.74. The van der Waals surface area contributed by atoms with Crippen molar-refractivity contribution >= 4 is 16.0 Å². The van der Waals surface area contributed by atoms with Crippen LogP contribution in [0.3, 0.4) is 0 Å². The van der Waals surface area contributed by atoms with E-state index in [0.717, 1.165) is 25.5 Å². The summed E-state index contributed by atoms with van der Waals surface area (Å²) in [5.74, 6) is 1.20. The maximum absolute atomic E-state index is 11.8. The molecule has 6 nitrogen and oxygen atoms in total. The first-order valence-corrected chi connectivity index (χ1v) is 10.0. The molecule has 0 unspecified atom stereocenters. The summed E-state index contributed by atoms with van der Waals surface area (Å²) in [6.07, 6.45) is 4.35. The SMILES string of the molecule is CCC1(CC)CCN(C(=NC)NCCN2CCCS2(=O)=O)C1. The van der Waals surface area contributed by atoms with Gasteiger partial charge in [-0.3, -0.25) is 4.99 Å². The van der Waals surface area contributed by atoms with E-state index in [9.17, 15) is 8.42 Å². The predicted octanol–water partition coefficient (Wildman–Crippen LogP) is 1.11. The zero-order chi connectivity index (χ0) is 16.2. The van der Waals surface area contributed by atoms with E-state index in [2.05, 4.69) is 29.1 Å². The molecule has 2 fully saturated rings. The molecule has 2 saturated heterocycles. The molecule has 0 aromatic heterocycles. The van der Waals surface area contributed by atoms with Crippen LogP contribution in [0.1, 0.15) is 39.5 Å². The molecular formula is C15H30N4O2S. The molecule has 0 aliphatic carbocycles. The van der Waals surface area contributed by atoms with Crippen molar-refractivity contribution in [2.24, 2.45) is 10.4 Å². The van der Waals surface area contributed by atoms with Gasteiger partial charge in [-0.1, -0.05) is 13.8 Å². The number of guanidine groups is 1. The quantitative estimate of drug-likeness (QED) is 0.606. The number of aliphatic imine (C=N–C) groups is 1.